The Morgan fingerprint density at radius 3 is 2.55 bits per heavy atom. The van der Waals surface area contributed by atoms with Crippen molar-refractivity contribution in [1.29, 1.82) is 0 Å². The van der Waals surface area contributed by atoms with Gasteiger partial charge >= 0.3 is 0 Å². The van der Waals surface area contributed by atoms with Gasteiger partial charge in [-0.25, -0.2) is 18.1 Å². The largest absolute Gasteiger partial charge is 0.394 e. The first kappa shape index (κ1) is 24.3. The van der Waals surface area contributed by atoms with Crippen molar-refractivity contribution in [3.05, 3.63) is 47.8 Å². The molecule has 2 aromatic rings. The number of hydrogen-bond donors (Lipinski definition) is 6. The van der Waals surface area contributed by atoms with Crippen molar-refractivity contribution < 1.29 is 23.1 Å². The third kappa shape index (κ3) is 8.36. The summed E-state index contributed by atoms with van der Waals surface area (Å²) in [6.45, 7) is 1.09. The van der Waals surface area contributed by atoms with Crippen LogP contribution in [-0.4, -0.2) is 60.5 Å². The molecule has 11 nitrogen and oxygen atoms in total. The van der Waals surface area contributed by atoms with E-state index in [2.05, 4.69) is 25.3 Å². The van der Waals surface area contributed by atoms with E-state index in [4.69, 9.17) is 5.73 Å². The Bertz CT molecular complexity index is 963. The lowest BCUT2D eigenvalue weighted by Gasteiger charge is -2.19. The molecule has 12 heteroatoms. The zero-order valence-corrected chi connectivity index (χ0v) is 18.0. The van der Waals surface area contributed by atoms with Gasteiger partial charge in [-0.1, -0.05) is 30.3 Å². The summed E-state index contributed by atoms with van der Waals surface area (Å²) in [4.78, 5) is 31.3. The molecule has 31 heavy (non-hydrogen) atoms. The highest BCUT2D eigenvalue weighted by Gasteiger charge is 2.26. The van der Waals surface area contributed by atoms with Crippen molar-refractivity contribution in [2.75, 3.05) is 18.9 Å². The fourth-order valence-corrected chi connectivity index (χ4v) is 4.08. The molecule has 0 aliphatic rings. The molecular weight excluding hydrogens is 424 g/mol. The van der Waals surface area contributed by atoms with Crippen LogP contribution in [0.15, 0.2) is 36.5 Å². The van der Waals surface area contributed by atoms with Crippen LogP contribution >= 0.6 is 0 Å². The lowest BCUT2D eigenvalue weighted by molar-refractivity contribution is -0.129. The predicted octanol–water partition coefficient (Wildman–Crippen LogP) is -0.974. The number of hydrogen-bond acceptors (Lipinski definition) is 7. The molecule has 7 N–H and O–H groups in total. The van der Waals surface area contributed by atoms with E-state index in [-0.39, 0.29) is 5.75 Å². The van der Waals surface area contributed by atoms with Gasteiger partial charge in [0.1, 0.15) is 12.1 Å². The third-order valence-corrected chi connectivity index (χ3v) is 5.70. The van der Waals surface area contributed by atoms with E-state index in [9.17, 15) is 23.1 Å². The van der Waals surface area contributed by atoms with Gasteiger partial charge in [-0.3, -0.25) is 9.59 Å². The van der Waals surface area contributed by atoms with Gasteiger partial charge in [0.2, 0.25) is 21.8 Å². The quantitative estimate of drug-likeness (QED) is 0.224. The number of benzene rings is 1. The number of amides is 2. The molecular formula is C19H28N6O5S. The number of anilines is 1. The van der Waals surface area contributed by atoms with Crippen molar-refractivity contribution in [3.63, 3.8) is 0 Å². The second-order valence-corrected chi connectivity index (χ2v) is 8.77. The molecule has 0 aliphatic heterocycles. The van der Waals surface area contributed by atoms with E-state index >= 15 is 0 Å². The van der Waals surface area contributed by atoms with Gasteiger partial charge in [0.25, 0.3) is 0 Å². The number of aromatic nitrogens is 2. The number of nitrogens with two attached hydrogens (primary N) is 1. The Balaban J connectivity index is 1.78. The second-order valence-electron chi connectivity index (χ2n) is 7.02. The molecule has 0 spiro atoms. The number of aliphatic hydroxyl groups excluding tert-OH is 1. The molecule has 1 aromatic heterocycles. The second kappa shape index (κ2) is 11.4. The minimum absolute atomic E-state index is 0.327. The molecule has 0 fully saturated rings. The van der Waals surface area contributed by atoms with E-state index in [0.717, 1.165) is 5.69 Å². The number of H-pyrrole nitrogens is 1. The smallest absolute Gasteiger partial charge is 0.242 e. The fourth-order valence-electron chi connectivity index (χ4n) is 2.75. The molecule has 2 atom stereocenters. The Morgan fingerprint density at radius 2 is 1.94 bits per heavy atom. The maximum atomic E-state index is 12.3. The maximum absolute atomic E-state index is 12.3. The van der Waals surface area contributed by atoms with Crippen LogP contribution in [0.2, 0.25) is 0 Å². The van der Waals surface area contributed by atoms with Gasteiger partial charge in [-0.05, 0) is 25.3 Å². The minimum Gasteiger partial charge on any atom is -0.394 e. The first-order valence-electron chi connectivity index (χ1n) is 9.72. The van der Waals surface area contributed by atoms with Crippen molar-refractivity contribution >= 4 is 27.8 Å². The van der Waals surface area contributed by atoms with Gasteiger partial charge in [0.15, 0.2) is 5.95 Å². The minimum atomic E-state index is -3.88. The molecule has 0 saturated heterocycles. The highest BCUT2D eigenvalue weighted by Crippen LogP contribution is 2.05. The first-order chi connectivity index (χ1) is 14.7. The summed E-state index contributed by atoms with van der Waals surface area (Å²) >= 11 is 0. The van der Waals surface area contributed by atoms with Crippen molar-refractivity contribution in [2.45, 2.75) is 37.6 Å². The van der Waals surface area contributed by atoms with Crippen LogP contribution in [0.1, 0.15) is 24.6 Å². The number of imidazole rings is 1. The van der Waals surface area contributed by atoms with Crippen LogP contribution in [0.4, 0.5) is 5.95 Å². The Labute approximate surface area is 180 Å². The van der Waals surface area contributed by atoms with Crippen molar-refractivity contribution in [1.82, 2.24) is 25.3 Å². The zero-order valence-electron chi connectivity index (χ0n) is 17.2. The molecule has 0 saturated carbocycles. The summed E-state index contributed by atoms with van der Waals surface area (Å²) < 4.78 is 26.7. The van der Waals surface area contributed by atoms with E-state index in [1.807, 2.05) is 0 Å². The predicted molar refractivity (Wildman–Crippen MR) is 115 cm³/mol. The Morgan fingerprint density at radius 1 is 1.23 bits per heavy atom. The van der Waals surface area contributed by atoms with E-state index in [1.165, 1.54) is 6.92 Å². The van der Waals surface area contributed by atoms with E-state index in [1.54, 1.807) is 36.5 Å². The molecule has 1 aromatic carbocycles. The molecule has 0 aliphatic carbocycles. The van der Waals surface area contributed by atoms with Gasteiger partial charge in [0, 0.05) is 12.2 Å². The summed E-state index contributed by atoms with van der Waals surface area (Å²) in [5, 5.41) is 14.5. The Hall–Kier alpha value is -2.96. The summed E-state index contributed by atoms with van der Waals surface area (Å²) in [6, 6.07) is 6.12. The number of rotatable bonds is 12. The summed E-state index contributed by atoms with van der Waals surface area (Å²) in [6.07, 6.45) is 2.89. The number of aliphatic hydroxyl groups is 1. The average molecular weight is 453 g/mol. The number of carbonyl (C=O) groups is 2. The summed E-state index contributed by atoms with van der Waals surface area (Å²) in [5.74, 6) is -1.24. The SMILES string of the molecule is C[C@H](NC(=O)[C@@H](CO)NS(=O)(=O)Cc1ccccc1)C(=O)NCCCc1cnc(N)[nH]1. The number of aromatic amines is 1. The van der Waals surface area contributed by atoms with Gasteiger partial charge in [-0.15, -0.1) is 0 Å². The van der Waals surface area contributed by atoms with E-state index in [0.29, 0.717) is 30.9 Å². The van der Waals surface area contributed by atoms with Crippen LogP contribution < -0.4 is 21.1 Å². The third-order valence-electron chi connectivity index (χ3n) is 4.34. The standard InChI is InChI=1S/C19H28N6O5S/c1-13(17(27)21-9-5-8-15-10-22-19(20)24-15)23-18(28)16(11-26)25-31(29,30)12-14-6-3-2-4-7-14/h2-4,6-7,10,13,16,25-26H,5,8-9,11-12H2,1H3,(H,21,27)(H,23,28)(H3,20,22,24)/t13-,16+/m0/s1. The number of aryl methyl sites for hydroxylation is 1. The zero-order chi connectivity index (χ0) is 22.9. The van der Waals surface area contributed by atoms with Gasteiger partial charge in [0.05, 0.1) is 18.6 Å². The van der Waals surface area contributed by atoms with Crippen molar-refractivity contribution in [3.8, 4) is 0 Å². The molecule has 2 rings (SSSR count). The maximum Gasteiger partial charge on any atom is 0.242 e. The van der Waals surface area contributed by atoms with Crippen molar-refractivity contribution in [2.24, 2.45) is 0 Å². The number of carbonyl (C=O) groups excluding carboxylic acids is 2. The van der Waals surface area contributed by atoms with E-state index < -0.39 is 40.5 Å². The molecule has 2 amide bonds. The number of nitrogen functional groups attached to an aromatic ring is 1. The van der Waals surface area contributed by atoms with Crippen LogP contribution in [0.25, 0.3) is 0 Å². The van der Waals surface area contributed by atoms with Crippen LogP contribution in [0.3, 0.4) is 0 Å². The molecule has 0 radical (unpaired) electrons. The highest BCUT2D eigenvalue weighted by atomic mass is 32.2. The first-order valence-corrected chi connectivity index (χ1v) is 11.4. The topological polar surface area (TPSA) is 179 Å². The summed E-state index contributed by atoms with van der Waals surface area (Å²) in [7, 11) is -3.88. The number of sulfonamides is 1. The molecule has 0 bridgehead atoms. The van der Waals surface area contributed by atoms with Crippen LogP contribution in [0.5, 0.6) is 0 Å². The fraction of sp³-hybridized carbons (Fsp3) is 0.421. The average Bonchev–Trinajstić information content (AvgIpc) is 3.14. The molecule has 170 valence electrons. The number of nitrogens with zero attached hydrogens (tertiary/aromatic N) is 1. The Kier molecular flexibility index (Phi) is 8.97. The normalized spacial score (nSPS) is 13.4. The molecule has 0 unspecified atom stereocenters. The summed E-state index contributed by atoms with van der Waals surface area (Å²) in [5.41, 5.74) is 6.88. The molecule has 1 heterocycles. The van der Waals surface area contributed by atoms with Crippen LogP contribution in [0, 0.1) is 0 Å². The lowest BCUT2D eigenvalue weighted by atomic mass is 10.2. The van der Waals surface area contributed by atoms with Gasteiger partial charge < -0.3 is 26.5 Å². The van der Waals surface area contributed by atoms with Crippen LogP contribution in [-0.2, 0) is 31.8 Å². The van der Waals surface area contributed by atoms with Gasteiger partial charge in [-0.2, -0.15) is 0 Å². The lowest BCUT2D eigenvalue weighted by Crippen LogP contribution is -2.54. The number of nitrogens with one attached hydrogen (secondary N) is 4. The highest BCUT2D eigenvalue weighted by molar-refractivity contribution is 7.88. The monoisotopic (exact) mass is 452 g/mol.